The maximum Gasteiger partial charge on any atom is 0.408 e. The summed E-state index contributed by atoms with van der Waals surface area (Å²) in [6.45, 7) is 3.38. The van der Waals surface area contributed by atoms with Crippen molar-refractivity contribution in [2.75, 3.05) is 13.2 Å². The van der Waals surface area contributed by atoms with Crippen molar-refractivity contribution in [3.05, 3.63) is 65.6 Å². The van der Waals surface area contributed by atoms with E-state index in [-0.39, 0.29) is 33.1 Å². The van der Waals surface area contributed by atoms with Crippen LogP contribution >= 0.6 is 0 Å². The molecule has 4 N–H and O–H groups in total. The minimum absolute atomic E-state index is 0. The van der Waals surface area contributed by atoms with Gasteiger partial charge in [0.25, 0.3) is 0 Å². The molecule has 2 heterocycles. The molecule has 11 nitrogen and oxygen atoms in total. The van der Waals surface area contributed by atoms with Gasteiger partial charge in [0.2, 0.25) is 5.91 Å². The Morgan fingerprint density at radius 3 is 2.57 bits per heavy atom. The lowest BCUT2D eigenvalue weighted by molar-refractivity contribution is -0.126. The number of amides is 2. The van der Waals surface area contributed by atoms with Crippen molar-refractivity contribution >= 4 is 17.6 Å². The number of alkyl carbamates (subject to hydrolysis) is 1. The maximum atomic E-state index is 12.7. The van der Waals surface area contributed by atoms with Crippen LogP contribution in [0.5, 0.6) is 0 Å². The van der Waals surface area contributed by atoms with Gasteiger partial charge in [-0.2, -0.15) is 5.26 Å². The van der Waals surface area contributed by atoms with E-state index >= 15 is 0 Å². The second-order valence-corrected chi connectivity index (χ2v) is 8.11. The molecule has 0 saturated carbocycles. The summed E-state index contributed by atoms with van der Waals surface area (Å²) in [5.74, 6) is 0.0134. The first-order chi connectivity index (χ1) is 16.3. The molecule has 0 unspecified atom stereocenters. The summed E-state index contributed by atoms with van der Waals surface area (Å²) in [6.07, 6.45) is -0.728. The van der Waals surface area contributed by atoms with Crippen molar-refractivity contribution in [3.63, 3.8) is 0 Å². The van der Waals surface area contributed by atoms with E-state index in [1.807, 2.05) is 30.3 Å². The number of aromatic nitrogens is 3. The highest BCUT2D eigenvalue weighted by molar-refractivity contribution is 5.85. The van der Waals surface area contributed by atoms with Crippen molar-refractivity contribution in [1.29, 1.82) is 5.26 Å². The van der Waals surface area contributed by atoms with Crippen LogP contribution in [0, 0.1) is 11.3 Å². The Balaban J connectivity index is 0.00000432. The molecule has 0 aliphatic carbocycles. The standard InChI is InChI=1S/C23H27N7O4.CH4/c1-23(2,25)21(31)27-18(15-33-13-16-7-4-3-5-8-16)20-29-28-19-10-6-9-17(30(19)20)14-34-22(32)26-12-11-24;/h3-10,18H,12-15,25H2,1-2H3,(H,26,32)(H,27,31);1H4/t18-;/m1./s1. The average molecular weight is 482 g/mol. The second-order valence-electron chi connectivity index (χ2n) is 8.11. The molecule has 0 aliphatic rings. The summed E-state index contributed by atoms with van der Waals surface area (Å²) in [5.41, 5.74) is 6.91. The molecule has 1 aromatic carbocycles. The van der Waals surface area contributed by atoms with Gasteiger partial charge in [0.15, 0.2) is 11.5 Å². The van der Waals surface area contributed by atoms with Crippen LogP contribution in [-0.2, 0) is 27.5 Å². The molecule has 11 heteroatoms. The first-order valence-corrected chi connectivity index (χ1v) is 10.6. The molecule has 35 heavy (non-hydrogen) atoms. The van der Waals surface area contributed by atoms with Crippen LogP contribution in [0.1, 0.15) is 44.4 Å². The van der Waals surface area contributed by atoms with E-state index in [1.165, 1.54) is 0 Å². The van der Waals surface area contributed by atoms with Gasteiger partial charge in [-0.05, 0) is 31.5 Å². The number of benzene rings is 1. The van der Waals surface area contributed by atoms with E-state index in [9.17, 15) is 9.59 Å². The zero-order valence-corrected chi connectivity index (χ0v) is 19.0. The molecule has 0 spiro atoms. The van der Waals surface area contributed by atoms with Gasteiger partial charge < -0.3 is 25.8 Å². The molecule has 1 atom stereocenters. The highest BCUT2D eigenvalue weighted by Gasteiger charge is 2.28. The molecule has 0 saturated heterocycles. The van der Waals surface area contributed by atoms with E-state index in [4.69, 9.17) is 20.5 Å². The van der Waals surface area contributed by atoms with Crippen molar-refractivity contribution < 1.29 is 19.1 Å². The third-order valence-corrected chi connectivity index (χ3v) is 4.80. The number of nitrogens with two attached hydrogens (primary N) is 1. The SMILES string of the molecule is C.CC(C)(N)C(=O)N[C@H](COCc1ccccc1)c1nnc2cccc(COC(=O)NCC#N)n12. The average Bonchev–Trinajstić information content (AvgIpc) is 3.25. The molecule has 2 aromatic heterocycles. The number of rotatable bonds is 10. The van der Waals surface area contributed by atoms with Crippen LogP contribution in [0.25, 0.3) is 5.65 Å². The molecule has 3 aromatic rings. The highest BCUT2D eigenvalue weighted by atomic mass is 16.5. The number of fused-ring (bicyclic) bond motifs is 1. The predicted molar refractivity (Wildman–Crippen MR) is 129 cm³/mol. The molecule has 3 rings (SSSR count). The minimum Gasteiger partial charge on any atom is -0.443 e. The highest BCUT2D eigenvalue weighted by Crippen LogP contribution is 2.18. The van der Waals surface area contributed by atoms with Gasteiger partial charge in [0.1, 0.15) is 19.2 Å². The number of nitriles is 1. The Kier molecular flexibility index (Phi) is 9.69. The van der Waals surface area contributed by atoms with Crippen LogP contribution in [0.2, 0.25) is 0 Å². The normalized spacial score (nSPS) is 11.7. The van der Waals surface area contributed by atoms with Gasteiger partial charge in [-0.25, -0.2) is 4.79 Å². The van der Waals surface area contributed by atoms with Gasteiger partial charge in [-0.1, -0.05) is 43.8 Å². The van der Waals surface area contributed by atoms with Crippen LogP contribution in [0.15, 0.2) is 48.5 Å². The monoisotopic (exact) mass is 481 g/mol. The Morgan fingerprint density at radius 2 is 1.89 bits per heavy atom. The van der Waals surface area contributed by atoms with Crippen LogP contribution in [0.4, 0.5) is 4.79 Å². The minimum atomic E-state index is -1.12. The summed E-state index contributed by atoms with van der Waals surface area (Å²) >= 11 is 0. The van der Waals surface area contributed by atoms with Crippen LogP contribution < -0.4 is 16.4 Å². The summed E-state index contributed by atoms with van der Waals surface area (Å²) < 4.78 is 12.8. The molecule has 0 bridgehead atoms. The van der Waals surface area contributed by atoms with Gasteiger partial charge >= 0.3 is 6.09 Å². The Hall–Kier alpha value is -4.01. The number of carbonyl (C=O) groups is 2. The van der Waals surface area contributed by atoms with E-state index in [2.05, 4.69) is 20.8 Å². The van der Waals surface area contributed by atoms with E-state index < -0.39 is 17.7 Å². The molecule has 0 aliphatic heterocycles. The lowest BCUT2D eigenvalue weighted by atomic mass is 10.1. The number of carbonyl (C=O) groups excluding carboxylic acids is 2. The smallest absolute Gasteiger partial charge is 0.408 e. The first-order valence-electron chi connectivity index (χ1n) is 10.6. The van der Waals surface area contributed by atoms with E-state index in [1.54, 1.807) is 42.5 Å². The van der Waals surface area contributed by atoms with Crippen LogP contribution in [0.3, 0.4) is 0 Å². The zero-order chi connectivity index (χ0) is 24.6. The fourth-order valence-corrected chi connectivity index (χ4v) is 3.07. The van der Waals surface area contributed by atoms with Crippen molar-refractivity contribution in [3.8, 4) is 6.07 Å². The third kappa shape index (κ3) is 7.49. The lowest BCUT2D eigenvalue weighted by Crippen LogP contribution is -2.51. The summed E-state index contributed by atoms with van der Waals surface area (Å²) in [6, 6.07) is 16.0. The molecule has 0 radical (unpaired) electrons. The Bertz CT molecular complexity index is 1170. The second kappa shape index (κ2) is 12.5. The van der Waals surface area contributed by atoms with Gasteiger partial charge in [0.05, 0.1) is 30.5 Å². The fourth-order valence-electron chi connectivity index (χ4n) is 3.07. The van der Waals surface area contributed by atoms with Crippen LogP contribution in [-0.4, -0.2) is 45.3 Å². The van der Waals surface area contributed by atoms with Crippen molar-refractivity contribution in [1.82, 2.24) is 25.2 Å². The number of nitrogens with one attached hydrogen (secondary N) is 2. The maximum absolute atomic E-state index is 12.7. The van der Waals surface area contributed by atoms with Gasteiger partial charge in [-0.15, -0.1) is 10.2 Å². The fraction of sp³-hybridized carbons (Fsp3) is 0.375. The first kappa shape index (κ1) is 27.2. The molecular weight excluding hydrogens is 450 g/mol. The van der Waals surface area contributed by atoms with Gasteiger partial charge in [-0.3, -0.25) is 9.20 Å². The number of nitrogens with zero attached hydrogens (tertiary/aromatic N) is 4. The quantitative estimate of drug-likeness (QED) is 0.372. The van der Waals surface area contributed by atoms with Crippen molar-refractivity contribution in [2.24, 2.45) is 5.73 Å². The summed E-state index contributed by atoms with van der Waals surface area (Å²) in [4.78, 5) is 24.5. The van der Waals surface area contributed by atoms with E-state index in [0.717, 1.165) is 5.56 Å². The largest absolute Gasteiger partial charge is 0.443 e. The topological polar surface area (TPSA) is 157 Å². The number of pyridine rings is 1. The van der Waals surface area contributed by atoms with E-state index in [0.29, 0.717) is 23.8 Å². The molecule has 0 fully saturated rings. The number of ether oxygens (including phenoxy) is 2. The number of hydrogen-bond acceptors (Lipinski definition) is 8. The lowest BCUT2D eigenvalue weighted by Gasteiger charge is -2.24. The number of hydrogen-bond donors (Lipinski definition) is 3. The Labute approximate surface area is 204 Å². The van der Waals surface area contributed by atoms with Gasteiger partial charge in [0, 0.05) is 0 Å². The summed E-state index contributed by atoms with van der Waals surface area (Å²) in [7, 11) is 0. The third-order valence-electron chi connectivity index (χ3n) is 4.80. The molecular formula is C24H31N7O4. The zero-order valence-electron chi connectivity index (χ0n) is 19.0. The molecule has 186 valence electrons. The predicted octanol–water partition coefficient (Wildman–Crippen LogP) is 2.23. The van der Waals surface area contributed by atoms with Crippen molar-refractivity contribution in [2.45, 2.75) is 46.1 Å². The Morgan fingerprint density at radius 1 is 1.14 bits per heavy atom. The summed E-state index contributed by atoms with van der Waals surface area (Å²) in [5, 5.41) is 22.3. The molecule has 2 amide bonds.